The molecule has 0 saturated heterocycles. The molecule has 4 aromatic rings. The van der Waals surface area contributed by atoms with Crippen molar-refractivity contribution in [2.45, 2.75) is 40.5 Å². The van der Waals surface area contributed by atoms with E-state index in [0.29, 0.717) is 12.2 Å². The maximum absolute atomic E-state index is 11.4. The highest BCUT2D eigenvalue weighted by molar-refractivity contribution is 6.06. The molecule has 0 bridgehead atoms. The summed E-state index contributed by atoms with van der Waals surface area (Å²) < 4.78 is 15.7. The van der Waals surface area contributed by atoms with Crippen molar-refractivity contribution in [3.63, 3.8) is 0 Å². The number of carbonyl (C=O) groups is 1. The molecule has 4 rings (SSSR count). The number of esters is 1. The Morgan fingerprint density at radius 3 is 1.74 bits per heavy atom. The van der Waals surface area contributed by atoms with Gasteiger partial charge in [-0.15, -0.1) is 0 Å². The second kappa shape index (κ2) is 13.8. The summed E-state index contributed by atoms with van der Waals surface area (Å²) in [5.41, 5.74) is 3.43. The van der Waals surface area contributed by atoms with Gasteiger partial charge in [0.25, 0.3) is 0 Å². The third-order valence-corrected chi connectivity index (χ3v) is 5.00. The van der Waals surface area contributed by atoms with E-state index in [9.17, 15) is 4.79 Å². The third-order valence-electron chi connectivity index (χ3n) is 5.00. The van der Waals surface area contributed by atoms with Gasteiger partial charge in [0, 0.05) is 23.2 Å². The van der Waals surface area contributed by atoms with Crippen LogP contribution in [0.4, 0.5) is 0 Å². The lowest BCUT2D eigenvalue weighted by molar-refractivity contribution is 0.0499. The van der Waals surface area contributed by atoms with Gasteiger partial charge in [-0.05, 0) is 49.7 Å². The van der Waals surface area contributed by atoms with Crippen molar-refractivity contribution in [3.8, 4) is 11.5 Å². The zero-order chi connectivity index (χ0) is 24.9. The number of rotatable bonds is 6. The molecule has 0 radical (unpaired) electrons. The zero-order valence-corrected chi connectivity index (χ0v) is 20.9. The van der Waals surface area contributed by atoms with Crippen LogP contribution in [0.3, 0.4) is 0 Å². The van der Waals surface area contributed by atoms with Gasteiger partial charge >= 0.3 is 5.97 Å². The lowest BCUT2D eigenvalue weighted by atomic mass is 10.1. The second-order valence-electron chi connectivity index (χ2n) is 7.24. The van der Waals surface area contributed by atoms with Gasteiger partial charge in [-0.3, -0.25) is 9.97 Å². The molecule has 34 heavy (non-hydrogen) atoms. The Morgan fingerprint density at radius 2 is 1.29 bits per heavy atom. The lowest BCUT2D eigenvalue weighted by Crippen LogP contribution is -2.05. The largest absolute Gasteiger partial charge is 0.496 e. The lowest BCUT2D eigenvalue weighted by Gasteiger charge is -2.08. The molecule has 0 unspecified atom stereocenters. The van der Waals surface area contributed by atoms with Crippen molar-refractivity contribution < 1.29 is 19.0 Å². The number of ether oxygens (including phenoxy) is 3. The predicted octanol–water partition coefficient (Wildman–Crippen LogP) is 6.78. The minimum Gasteiger partial charge on any atom is -0.496 e. The van der Waals surface area contributed by atoms with Crippen LogP contribution < -0.4 is 9.47 Å². The summed E-state index contributed by atoms with van der Waals surface area (Å²) in [6.07, 6.45) is 5.42. The van der Waals surface area contributed by atoms with E-state index in [2.05, 4.69) is 16.9 Å². The minimum atomic E-state index is -0.224. The Morgan fingerprint density at radius 1 is 0.794 bits per heavy atom. The van der Waals surface area contributed by atoms with Crippen LogP contribution in [0.25, 0.3) is 21.8 Å². The fraction of sp³-hybridized carbons (Fsp3) is 0.321. The van der Waals surface area contributed by atoms with E-state index < -0.39 is 0 Å². The highest BCUT2D eigenvalue weighted by atomic mass is 16.5. The standard InChI is InChI=1S/C14H12N2O2.C12H16O2.C2H6/c1-17-11-5-7-15-13-9(11)3-4-10-12(18-2)6-8-16-14(10)13;1-3-4-9-14-12(13)11-7-5-10(2)6-8-11;1-2/h3-8H,1-2H3;5-8H,3-4,9H2,1-2H3;1-2H3. The van der Waals surface area contributed by atoms with E-state index >= 15 is 0 Å². The van der Waals surface area contributed by atoms with Crippen molar-refractivity contribution >= 4 is 27.8 Å². The van der Waals surface area contributed by atoms with Crippen LogP contribution in [-0.2, 0) is 4.74 Å². The Bertz CT molecular complexity index is 1130. The molecular weight excluding hydrogens is 428 g/mol. The summed E-state index contributed by atoms with van der Waals surface area (Å²) in [6, 6.07) is 15.1. The first-order valence-corrected chi connectivity index (χ1v) is 11.6. The van der Waals surface area contributed by atoms with Gasteiger partial charge in [-0.25, -0.2) is 4.79 Å². The molecule has 0 spiro atoms. The summed E-state index contributed by atoms with van der Waals surface area (Å²) in [7, 11) is 3.30. The quantitative estimate of drug-likeness (QED) is 0.179. The van der Waals surface area contributed by atoms with Gasteiger partial charge in [0.1, 0.15) is 22.5 Å². The van der Waals surface area contributed by atoms with E-state index in [1.807, 2.05) is 57.2 Å². The summed E-state index contributed by atoms with van der Waals surface area (Å²) >= 11 is 0. The van der Waals surface area contributed by atoms with Crippen molar-refractivity contribution in [1.82, 2.24) is 9.97 Å². The average molecular weight is 463 g/mol. The number of aromatic nitrogens is 2. The van der Waals surface area contributed by atoms with Gasteiger partial charge < -0.3 is 14.2 Å². The summed E-state index contributed by atoms with van der Waals surface area (Å²) in [5, 5.41) is 1.90. The van der Waals surface area contributed by atoms with Gasteiger partial charge in [0.05, 0.1) is 26.4 Å². The fourth-order valence-corrected chi connectivity index (χ4v) is 3.22. The summed E-state index contributed by atoms with van der Waals surface area (Å²) in [5.74, 6) is 1.37. The van der Waals surface area contributed by atoms with Crippen LogP contribution in [0.5, 0.6) is 11.5 Å². The number of methoxy groups -OCH3 is 2. The van der Waals surface area contributed by atoms with Crippen LogP contribution in [0.15, 0.2) is 60.9 Å². The molecule has 2 aromatic carbocycles. The zero-order valence-electron chi connectivity index (χ0n) is 20.9. The van der Waals surface area contributed by atoms with Gasteiger partial charge in [0.15, 0.2) is 0 Å². The maximum atomic E-state index is 11.4. The first kappa shape index (κ1) is 26.6. The Kier molecular flexibility index (Phi) is 10.8. The molecule has 180 valence electrons. The average Bonchev–Trinajstić information content (AvgIpc) is 2.89. The topological polar surface area (TPSA) is 70.5 Å². The number of nitrogens with zero attached hydrogens (tertiary/aromatic N) is 2. The van der Waals surface area contributed by atoms with Crippen molar-refractivity contribution in [1.29, 1.82) is 0 Å². The molecule has 6 heteroatoms. The number of carbonyl (C=O) groups excluding carboxylic acids is 1. The predicted molar refractivity (Wildman–Crippen MR) is 138 cm³/mol. The highest BCUT2D eigenvalue weighted by Crippen LogP contribution is 2.32. The fourth-order valence-electron chi connectivity index (χ4n) is 3.22. The molecule has 0 aliphatic carbocycles. The van der Waals surface area contributed by atoms with Crippen LogP contribution in [-0.4, -0.2) is 36.8 Å². The first-order chi connectivity index (χ1) is 16.6. The first-order valence-electron chi connectivity index (χ1n) is 11.6. The maximum Gasteiger partial charge on any atom is 0.338 e. The van der Waals surface area contributed by atoms with Gasteiger partial charge in [-0.1, -0.05) is 44.9 Å². The van der Waals surface area contributed by atoms with Crippen molar-refractivity contribution in [2.75, 3.05) is 20.8 Å². The van der Waals surface area contributed by atoms with Crippen LogP contribution >= 0.6 is 0 Å². The molecule has 0 saturated carbocycles. The monoisotopic (exact) mass is 462 g/mol. The third kappa shape index (κ3) is 6.67. The van der Waals surface area contributed by atoms with Crippen LogP contribution in [0.2, 0.25) is 0 Å². The summed E-state index contributed by atoms with van der Waals surface area (Å²) in [4.78, 5) is 20.2. The molecule has 0 aliphatic rings. The summed E-state index contributed by atoms with van der Waals surface area (Å²) in [6.45, 7) is 8.58. The number of benzene rings is 2. The number of aryl methyl sites for hydroxylation is 1. The Balaban J connectivity index is 0.000000231. The number of pyridine rings is 2. The SMILES string of the molecule is CC.CCCCOC(=O)c1ccc(C)cc1.COc1ccnc2c1ccc1c(OC)ccnc12. The van der Waals surface area contributed by atoms with E-state index in [1.54, 1.807) is 38.7 Å². The molecule has 2 aromatic heterocycles. The van der Waals surface area contributed by atoms with Crippen molar-refractivity contribution in [3.05, 3.63) is 72.1 Å². The van der Waals surface area contributed by atoms with E-state index in [0.717, 1.165) is 51.7 Å². The molecule has 2 heterocycles. The molecule has 0 aliphatic heterocycles. The normalized spacial score (nSPS) is 9.94. The van der Waals surface area contributed by atoms with Crippen molar-refractivity contribution in [2.24, 2.45) is 0 Å². The number of hydrogen-bond acceptors (Lipinski definition) is 6. The molecule has 0 amide bonds. The Hall–Kier alpha value is -3.67. The number of hydrogen-bond donors (Lipinski definition) is 0. The van der Waals surface area contributed by atoms with E-state index in [4.69, 9.17) is 14.2 Å². The minimum absolute atomic E-state index is 0.224. The Labute approximate surface area is 201 Å². The molecule has 6 nitrogen and oxygen atoms in total. The van der Waals surface area contributed by atoms with Gasteiger partial charge in [0.2, 0.25) is 0 Å². The van der Waals surface area contributed by atoms with Gasteiger partial charge in [-0.2, -0.15) is 0 Å². The van der Waals surface area contributed by atoms with Crippen LogP contribution in [0, 0.1) is 6.92 Å². The molecule has 0 N–H and O–H groups in total. The number of unbranched alkanes of at least 4 members (excludes halogenated alkanes) is 1. The smallest absolute Gasteiger partial charge is 0.338 e. The molecule has 0 fully saturated rings. The molecular formula is C28H34N2O4. The highest BCUT2D eigenvalue weighted by Gasteiger charge is 2.10. The second-order valence-corrected chi connectivity index (χ2v) is 7.24. The van der Waals surface area contributed by atoms with E-state index in [-0.39, 0.29) is 5.97 Å². The number of fused-ring (bicyclic) bond motifs is 3. The van der Waals surface area contributed by atoms with Crippen LogP contribution in [0.1, 0.15) is 49.5 Å². The van der Waals surface area contributed by atoms with E-state index in [1.165, 1.54) is 0 Å². The molecule has 0 atom stereocenters.